The smallest absolute Gasteiger partial charge is 0.323 e. The number of methoxy groups -OCH3 is 1. The lowest BCUT2D eigenvalue weighted by molar-refractivity contribution is -0.0895. The summed E-state index contributed by atoms with van der Waals surface area (Å²) in [6.45, 7) is 3.51. The number of benzene rings is 1. The molecule has 1 atom stereocenters. The number of anilines is 1. The molecular formula is C21H29N3O5S. The summed E-state index contributed by atoms with van der Waals surface area (Å²) in [4.78, 5) is 19.2. The molecule has 2 aromatic rings. The van der Waals surface area contributed by atoms with Crippen LogP contribution in [0.3, 0.4) is 0 Å². The number of nitrogens with zero attached hydrogens (tertiary/aromatic N) is 2. The van der Waals surface area contributed by atoms with Gasteiger partial charge in [-0.15, -0.1) is 0 Å². The van der Waals surface area contributed by atoms with Crippen LogP contribution in [0.1, 0.15) is 44.3 Å². The van der Waals surface area contributed by atoms with E-state index in [-0.39, 0.29) is 18.2 Å². The van der Waals surface area contributed by atoms with Gasteiger partial charge in [0.1, 0.15) is 17.4 Å². The van der Waals surface area contributed by atoms with E-state index in [1.54, 1.807) is 19.1 Å². The first-order valence-electron chi connectivity index (χ1n) is 10.3. The fourth-order valence-electron chi connectivity index (χ4n) is 4.10. The van der Waals surface area contributed by atoms with Crippen LogP contribution in [0.5, 0.6) is 5.75 Å². The summed E-state index contributed by atoms with van der Waals surface area (Å²) in [5, 5.41) is 13.6. The average molecular weight is 436 g/mol. The van der Waals surface area contributed by atoms with E-state index < -0.39 is 5.60 Å². The normalized spacial score (nSPS) is 27.1. The molecular weight excluding hydrogens is 406 g/mol. The van der Waals surface area contributed by atoms with Crippen molar-refractivity contribution in [3.8, 4) is 5.75 Å². The number of fused-ring (bicyclic) bond motifs is 1. The van der Waals surface area contributed by atoms with E-state index in [0.717, 1.165) is 23.1 Å². The molecule has 1 saturated heterocycles. The number of hydrogen-bond donors (Lipinski definition) is 2. The minimum Gasteiger partial charge on any atom is -0.494 e. The zero-order valence-electron chi connectivity index (χ0n) is 17.6. The summed E-state index contributed by atoms with van der Waals surface area (Å²) < 4.78 is 17.8. The van der Waals surface area contributed by atoms with E-state index in [0.29, 0.717) is 49.1 Å². The molecule has 2 N–H and O–H groups in total. The average Bonchev–Trinajstić information content (AvgIpc) is 3.16. The second-order valence-corrected chi connectivity index (χ2v) is 9.26. The number of urea groups is 1. The lowest BCUT2D eigenvalue weighted by Gasteiger charge is -2.37. The molecule has 2 aliphatic rings. The van der Waals surface area contributed by atoms with Crippen LogP contribution in [-0.2, 0) is 9.47 Å². The minimum absolute atomic E-state index is 0.109. The highest BCUT2D eigenvalue weighted by molar-refractivity contribution is 7.22. The molecule has 1 unspecified atom stereocenters. The molecule has 30 heavy (non-hydrogen) atoms. The van der Waals surface area contributed by atoms with Gasteiger partial charge in [0, 0.05) is 18.7 Å². The zero-order chi connectivity index (χ0) is 21.3. The number of rotatable bonds is 4. The largest absolute Gasteiger partial charge is 0.494 e. The van der Waals surface area contributed by atoms with Gasteiger partial charge < -0.3 is 24.2 Å². The van der Waals surface area contributed by atoms with E-state index in [1.165, 1.54) is 11.3 Å². The number of aliphatic hydroxyl groups is 1. The monoisotopic (exact) mass is 435 g/mol. The van der Waals surface area contributed by atoms with E-state index >= 15 is 0 Å². The second kappa shape index (κ2) is 8.66. The molecule has 164 valence electrons. The Bertz CT molecular complexity index is 899. The molecule has 1 aliphatic heterocycles. The molecule has 2 heterocycles. The third-order valence-electron chi connectivity index (χ3n) is 6.03. The number of amides is 2. The molecule has 2 amide bonds. The van der Waals surface area contributed by atoms with Gasteiger partial charge in [-0.25, -0.2) is 9.78 Å². The molecule has 0 radical (unpaired) electrons. The quantitative estimate of drug-likeness (QED) is 0.763. The predicted octanol–water partition coefficient (Wildman–Crippen LogP) is 3.55. The van der Waals surface area contributed by atoms with Crippen LogP contribution in [0.4, 0.5) is 9.93 Å². The molecule has 1 aromatic carbocycles. The van der Waals surface area contributed by atoms with Crippen LogP contribution in [0, 0.1) is 0 Å². The summed E-state index contributed by atoms with van der Waals surface area (Å²) >= 11 is 1.41. The summed E-state index contributed by atoms with van der Waals surface area (Å²) in [6, 6.07) is 3.77. The van der Waals surface area contributed by atoms with Crippen LogP contribution >= 0.6 is 11.3 Å². The SMILES string of the molecule is COc1ccc(C2COCCO2)c2sc(NC(=O)N(C)[C@H]3CC[C@](C)(O)CC3)nc12. The van der Waals surface area contributed by atoms with Crippen molar-refractivity contribution in [1.29, 1.82) is 0 Å². The first kappa shape index (κ1) is 21.3. The van der Waals surface area contributed by atoms with Crippen molar-refractivity contribution in [2.45, 2.75) is 50.4 Å². The molecule has 1 aromatic heterocycles. The van der Waals surface area contributed by atoms with Gasteiger partial charge in [-0.05, 0) is 38.7 Å². The summed E-state index contributed by atoms with van der Waals surface area (Å²) in [7, 11) is 3.41. The Morgan fingerprint density at radius 1 is 1.37 bits per heavy atom. The fourth-order valence-corrected chi connectivity index (χ4v) is 5.13. The molecule has 4 rings (SSSR count). The molecule has 9 heteroatoms. The molecule has 0 bridgehead atoms. The lowest BCUT2D eigenvalue weighted by atomic mass is 9.83. The van der Waals surface area contributed by atoms with Crippen LogP contribution in [0.2, 0.25) is 0 Å². The topological polar surface area (TPSA) is 93.2 Å². The van der Waals surface area contributed by atoms with Crippen molar-refractivity contribution in [1.82, 2.24) is 9.88 Å². The molecule has 2 fully saturated rings. The Balaban J connectivity index is 1.53. The Morgan fingerprint density at radius 3 is 2.80 bits per heavy atom. The van der Waals surface area contributed by atoms with Crippen molar-refractivity contribution in [2.75, 3.05) is 39.3 Å². The number of thiazole rings is 1. The van der Waals surface area contributed by atoms with E-state index in [1.807, 2.05) is 19.1 Å². The van der Waals surface area contributed by atoms with Gasteiger partial charge in [-0.1, -0.05) is 17.4 Å². The maximum Gasteiger partial charge on any atom is 0.323 e. The lowest BCUT2D eigenvalue weighted by Crippen LogP contribution is -2.44. The number of carbonyl (C=O) groups excluding carboxylic acids is 1. The maximum atomic E-state index is 12.8. The third-order valence-corrected chi connectivity index (χ3v) is 7.05. The maximum absolute atomic E-state index is 12.8. The summed E-state index contributed by atoms with van der Waals surface area (Å²) in [5.74, 6) is 0.657. The van der Waals surface area contributed by atoms with Gasteiger partial charge in [0.25, 0.3) is 0 Å². The predicted molar refractivity (Wildman–Crippen MR) is 115 cm³/mol. The Hall–Kier alpha value is -1.94. The van der Waals surface area contributed by atoms with Crippen LogP contribution in [-0.4, -0.2) is 66.6 Å². The number of carbonyl (C=O) groups is 1. The van der Waals surface area contributed by atoms with Crippen molar-refractivity contribution in [3.05, 3.63) is 17.7 Å². The van der Waals surface area contributed by atoms with Crippen molar-refractivity contribution < 1.29 is 24.1 Å². The van der Waals surface area contributed by atoms with Gasteiger partial charge in [-0.3, -0.25) is 5.32 Å². The van der Waals surface area contributed by atoms with Crippen LogP contribution < -0.4 is 10.1 Å². The first-order chi connectivity index (χ1) is 14.4. The number of hydrogen-bond acceptors (Lipinski definition) is 7. The van der Waals surface area contributed by atoms with Gasteiger partial charge in [0.2, 0.25) is 0 Å². The van der Waals surface area contributed by atoms with Crippen LogP contribution in [0.25, 0.3) is 10.2 Å². The Kier molecular flexibility index (Phi) is 6.15. The highest BCUT2D eigenvalue weighted by atomic mass is 32.1. The van der Waals surface area contributed by atoms with Crippen LogP contribution in [0.15, 0.2) is 12.1 Å². The Labute approximate surface area is 180 Å². The molecule has 1 aliphatic carbocycles. The van der Waals surface area contributed by atoms with E-state index in [2.05, 4.69) is 10.3 Å². The minimum atomic E-state index is -0.626. The van der Waals surface area contributed by atoms with Gasteiger partial charge in [0.15, 0.2) is 5.13 Å². The second-order valence-electron chi connectivity index (χ2n) is 8.26. The fraction of sp³-hybridized carbons (Fsp3) is 0.619. The number of ether oxygens (including phenoxy) is 3. The van der Waals surface area contributed by atoms with Gasteiger partial charge in [-0.2, -0.15) is 0 Å². The third kappa shape index (κ3) is 4.39. The highest BCUT2D eigenvalue weighted by Crippen LogP contribution is 2.39. The summed E-state index contributed by atoms with van der Waals surface area (Å²) in [6.07, 6.45) is 2.80. The highest BCUT2D eigenvalue weighted by Gasteiger charge is 2.32. The molecule has 8 nitrogen and oxygen atoms in total. The Morgan fingerprint density at radius 2 is 2.13 bits per heavy atom. The number of nitrogens with one attached hydrogen (secondary N) is 1. The van der Waals surface area contributed by atoms with Gasteiger partial charge in [0.05, 0.1) is 37.2 Å². The standard InChI is InChI=1S/C21H29N3O5S/c1-21(26)8-6-13(7-9-21)24(2)20(25)23-19-22-17-15(27-3)5-4-14(18(17)30-19)16-12-28-10-11-29-16/h4-5,13,16,26H,6-12H2,1-3H3,(H,22,23,25)/t13-,16?,21-. The van der Waals surface area contributed by atoms with Crippen molar-refractivity contribution in [3.63, 3.8) is 0 Å². The van der Waals surface area contributed by atoms with Crippen molar-refractivity contribution >= 4 is 32.7 Å². The molecule has 1 saturated carbocycles. The van der Waals surface area contributed by atoms with Crippen molar-refractivity contribution in [2.24, 2.45) is 0 Å². The first-order valence-corrected chi connectivity index (χ1v) is 11.1. The number of aromatic nitrogens is 1. The van der Waals surface area contributed by atoms with E-state index in [4.69, 9.17) is 14.2 Å². The van der Waals surface area contributed by atoms with Gasteiger partial charge >= 0.3 is 6.03 Å². The van der Waals surface area contributed by atoms with E-state index in [9.17, 15) is 9.90 Å². The zero-order valence-corrected chi connectivity index (χ0v) is 18.5. The molecule has 0 spiro atoms. The summed E-state index contributed by atoms with van der Waals surface area (Å²) in [5.41, 5.74) is 1.07.